The first kappa shape index (κ1) is 36.1. The zero-order chi connectivity index (χ0) is 38.8. The van der Waals surface area contributed by atoms with Crippen LogP contribution in [0.2, 0.25) is 0 Å². The Hall–Kier alpha value is -5.94. The van der Waals surface area contributed by atoms with Crippen molar-refractivity contribution in [3.05, 3.63) is 155 Å². The highest BCUT2D eigenvalue weighted by molar-refractivity contribution is 6.09. The van der Waals surface area contributed by atoms with E-state index in [9.17, 15) is 0 Å². The Labute approximate surface area is 325 Å². The molecular weight excluding hydrogens is 673 g/mol. The van der Waals surface area contributed by atoms with Crippen LogP contribution in [-0.2, 0) is 10.8 Å². The maximum absolute atomic E-state index is 6.89. The van der Waals surface area contributed by atoms with Crippen molar-refractivity contribution in [1.29, 1.82) is 0 Å². The quantitative estimate of drug-likeness (QED) is 0.172. The van der Waals surface area contributed by atoms with Gasteiger partial charge in [-0.1, -0.05) is 108 Å². The van der Waals surface area contributed by atoms with E-state index in [1.165, 1.54) is 33.2 Å². The highest BCUT2D eigenvalue weighted by atomic mass is 16.5. The third-order valence-electron chi connectivity index (χ3n) is 10.8. The minimum atomic E-state index is -0.143. The zero-order valence-electron chi connectivity index (χ0n) is 33.7. The smallest absolute Gasteiger partial charge is 0.137 e. The molecule has 0 spiro atoms. The molecule has 0 amide bonds. The zero-order valence-corrected chi connectivity index (χ0v) is 33.7. The summed E-state index contributed by atoms with van der Waals surface area (Å²) >= 11 is 0. The van der Waals surface area contributed by atoms with Gasteiger partial charge in [-0.3, -0.25) is 4.57 Å². The van der Waals surface area contributed by atoms with Gasteiger partial charge in [0.15, 0.2) is 0 Å². The normalized spacial score (nSPS) is 12.2. The molecule has 3 heterocycles. The molecule has 0 N–H and O–H groups in total. The maximum atomic E-state index is 6.89. The second-order valence-corrected chi connectivity index (χ2v) is 17.1. The number of hydrogen-bond donors (Lipinski definition) is 0. The van der Waals surface area contributed by atoms with Gasteiger partial charge < -0.3 is 4.74 Å². The average molecular weight is 723 g/mol. The summed E-state index contributed by atoms with van der Waals surface area (Å²) in [6.07, 6.45) is 1.92. The standard InChI is InChI=1S/C50H50N4O/c1-31-24-32(2)46(33(3)25-31)47-34(4)52-54(48(47)35-16-12-11-13-17-35)38-26-37(50(8,9)10)27-40(29-38)55-39-20-21-42-41-18-14-15-19-43(41)53(44(42)30-39)45-28-36(22-23-51-45)49(5,6)7/h11-30H,1-10H3. The molecule has 0 saturated heterocycles. The first-order valence-electron chi connectivity index (χ1n) is 19.2. The minimum absolute atomic E-state index is 0.00739. The molecule has 5 aromatic carbocycles. The number of para-hydroxylation sites is 1. The van der Waals surface area contributed by atoms with Crippen LogP contribution in [0, 0.1) is 27.7 Å². The molecule has 0 aliphatic carbocycles. The van der Waals surface area contributed by atoms with Gasteiger partial charge >= 0.3 is 0 Å². The van der Waals surface area contributed by atoms with Gasteiger partial charge in [-0.25, -0.2) is 9.67 Å². The third kappa shape index (κ3) is 6.62. The summed E-state index contributed by atoms with van der Waals surface area (Å²) in [5.41, 5.74) is 14.7. The van der Waals surface area contributed by atoms with E-state index in [4.69, 9.17) is 14.8 Å². The van der Waals surface area contributed by atoms with E-state index in [1.807, 2.05) is 6.20 Å². The first-order valence-corrected chi connectivity index (χ1v) is 19.2. The molecular formula is C50H50N4O. The molecule has 8 rings (SSSR count). The maximum Gasteiger partial charge on any atom is 0.137 e. The summed E-state index contributed by atoms with van der Waals surface area (Å²) in [4.78, 5) is 4.88. The fourth-order valence-corrected chi connectivity index (χ4v) is 8.05. The highest BCUT2D eigenvalue weighted by Crippen LogP contribution is 2.42. The van der Waals surface area contributed by atoms with Crippen molar-refractivity contribution < 1.29 is 4.74 Å². The average Bonchev–Trinajstić information content (AvgIpc) is 3.65. The summed E-state index contributed by atoms with van der Waals surface area (Å²) in [6, 6.07) is 41.0. The van der Waals surface area contributed by atoms with Crippen LogP contribution in [0.15, 0.2) is 121 Å². The summed E-state index contributed by atoms with van der Waals surface area (Å²) in [5, 5.41) is 7.63. The molecule has 5 nitrogen and oxygen atoms in total. The fourth-order valence-electron chi connectivity index (χ4n) is 8.05. The Bertz CT molecular complexity index is 2710. The molecule has 0 aliphatic rings. The second-order valence-electron chi connectivity index (χ2n) is 17.1. The fraction of sp³-hybridized carbons (Fsp3) is 0.240. The van der Waals surface area contributed by atoms with Gasteiger partial charge in [-0.15, -0.1) is 0 Å². The van der Waals surface area contributed by atoms with Gasteiger partial charge in [0.25, 0.3) is 0 Å². The van der Waals surface area contributed by atoms with Crippen LogP contribution in [0.3, 0.4) is 0 Å². The number of ether oxygens (including phenoxy) is 1. The highest BCUT2D eigenvalue weighted by Gasteiger charge is 2.25. The van der Waals surface area contributed by atoms with Gasteiger partial charge in [0, 0.05) is 40.2 Å². The SMILES string of the molecule is Cc1cc(C)c(-c2c(C)nn(-c3cc(Oc4ccc5c6ccccc6n(-c6cc(C(C)(C)C)ccn6)c5c4)cc(C(C)(C)C)c3)c2-c2ccccc2)c(C)c1. The molecule has 0 saturated carbocycles. The van der Waals surface area contributed by atoms with Gasteiger partial charge in [0.2, 0.25) is 0 Å². The Kier molecular flexibility index (Phi) is 8.80. The number of fused-ring (bicyclic) bond motifs is 3. The van der Waals surface area contributed by atoms with Gasteiger partial charge in [0.05, 0.1) is 28.1 Å². The van der Waals surface area contributed by atoms with Crippen LogP contribution in [-0.4, -0.2) is 19.3 Å². The first-order chi connectivity index (χ1) is 26.2. The topological polar surface area (TPSA) is 44.9 Å². The van der Waals surface area contributed by atoms with E-state index in [0.717, 1.165) is 67.5 Å². The van der Waals surface area contributed by atoms with Crippen molar-refractivity contribution in [2.45, 2.75) is 80.1 Å². The van der Waals surface area contributed by atoms with Crippen LogP contribution >= 0.6 is 0 Å². The number of hydrogen-bond acceptors (Lipinski definition) is 3. The molecule has 0 aliphatic heterocycles. The second kappa shape index (κ2) is 13.4. The lowest BCUT2D eigenvalue weighted by Gasteiger charge is -2.22. The summed E-state index contributed by atoms with van der Waals surface area (Å²) in [7, 11) is 0. The van der Waals surface area contributed by atoms with Crippen LogP contribution in [0.25, 0.3) is 55.7 Å². The molecule has 276 valence electrons. The number of pyridine rings is 1. The van der Waals surface area contributed by atoms with Crippen molar-refractivity contribution >= 4 is 21.8 Å². The lowest BCUT2D eigenvalue weighted by Crippen LogP contribution is -2.12. The Morgan fingerprint density at radius 1 is 0.564 bits per heavy atom. The van der Waals surface area contributed by atoms with E-state index in [-0.39, 0.29) is 10.8 Å². The van der Waals surface area contributed by atoms with E-state index >= 15 is 0 Å². The van der Waals surface area contributed by atoms with Crippen molar-refractivity contribution in [2.24, 2.45) is 0 Å². The minimum Gasteiger partial charge on any atom is -0.457 e. The molecule has 55 heavy (non-hydrogen) atoms. The van der Waals surface area contributed by atoms with E-state index in [0.29, 0.717) is 0 Å². The monoisotopic (exact) mass is 722 g/mol. The van der Waals surface area contributed by atoms with Crippen molar-refractivity contribution in [1.82, 2.24) is 19.3 Å². The van der Waals surface area contributed by atoms with Gasteiger partial charge in [0.1, 0.15) is 17.3 Å². The van der Waals surface area contributed by atoms with Crippen molar-refractivity contribution in [3.63, 3.8) is 0 Å². The lowest BCUT2D eigenvalue weighted by atomic mass is 9.86. The summed E-state index contributed by atoms with van der Waals surface area (Å²) in [5.74, 6) is 2.41. The van der Waals surface area contributed by atoms with Crippen LogP contribution in [0.4, 0.5) is 0 Å². The van der Waals surface area contributed by atoms with Crippen molar-refractivity contribution in [3.8, 4) is 45.4 Å². The summed E-state index contributed by atoms with van der Waals surface area (Å²) < 4.78 is 11.3. The van der Waals surface area contributed by atoms with E-state index in [2.05, 4.69) is 194 Å². The number of nitrogens with zero attached hydrogens (tertiary/aromatic N) is 4. The molecule has 0 radical (unpaired) electrons. The molecule has 5 heteroatoms. The largest absolute Gasteiger partial charge is 0.457 e. The third-order valence-corrected chi connectivity index (χ3v) is 10.8. The predicted octanol–water partition coefficient (Wildman–Crippen LogP) is 13.3. The van der Waals surface area contributed by atoms with Gasteiger partial charge in [-0.2, -0.15) is 5.10 Å². The predicted molar refractivity (Wildman–Crippen MR) is 229 cm³/mol. The van der Waals surface area contributed by atoms with Gasteiger partial charge in [-0.05, 0) is 109 Å². The summed E-state index contributed by atoms with van der Waals surface area (Å²) in [6.45, 7) is 22.2. The van der Waals surface area contributed by atoms with Crippen LogP contribution < -0.4 is 4.74 Å². The van der Waals surface area contributed by atoms with Crippen LogP contribution in [0.1, 0.15) is 75.1 Å². The number of aryl methyl sites for hydroxylation is 4. The lowest BCUT2D eigenvalue weighted by molar-refractivity contribution is 0.478. The number of rotatable bonds is 6. The molecule has 0 fully saturated rings. The Morgan fingerprint density at radius 2 is 1.24 bits per heavy atom. The van der Waals surface area contributed by atoms with E-state index in [1.54, 1.807) is 0 Å². The Balaban J connectivity index is 1.30. The number of benzene rings is 5. The Morgan fingerprint density at radius 3 is 1.95 bits per heavy atom. The molecule has 0 atom stereocenters. The van der Waals surface area contributed by atoms with Crippen molar-refractivity contribution in [2.75, 3.05) is 0 Å². The van der Waals surface area contributed by atoms with E-state index < -0.39 is 0 Å². The molecule has 0 bridgehead atoms. The molecule has 3 aromatic heterocycles. The van der Waals surface area contributed by atoms with Crippen LogP contribution in [0.5, 0.6) is 11.5 Å². The molecule has 8 aromatic rings. The number of aromatic nitrogens is 4. The molecule has 0 unspecified atom stereocenters.